The Morgan fingerprint density at radius 2 is 2.11 bits per heavy atom. The van der Waals surface area contributed by atoms with E-state index in [9.17, 15) is 4.79 Å². The lowest BCUT2D eigenvalue weighted by molar-refractivity contribution is -0.122. The third-order valence-electron chi connectivity index (χ3n) is 3.18. The van der Waals surface area contributed by atoms with Crippen molar-refractivity contribution >= 4 is 5.91 Å². The van der Waals surface area contributed by atoms with E-state index in [1.165, 1.54) is 0 Å². The molecule has 1 amide bonds. The Hall–Kier alpha value is -1.55. The van der Waals surface area contributed by atoms with Crippen LogP contribution in [-0.4, -0.2) is 26.7 Å². The summed E-state index contributed by atoms with van der Waals surface area (Å²) in [6, 6.07) is 7.70. The normalized spacial score (nSPS) is 16.1. The van der Waals surface area contributed by atoms with E-state index in [-0.39, 0.29) is 17.9 Å². The molecule has 1 aliphatic carbocycles. The molecule has 98 valence electrons. The first-order chi connectivity index (χ1) is 8.76. The predicted octanol–water partition coefficient (Wildman–Crippen LogP) is 1.91. The minimum atomic E-state index is -0.177. The first kappa shape index (κ1) is 12.9. The number of rotatable bonds is 6. The summed E-state index contributed by atoms with van der Waals surface area (Å²) in [5.41, 5.74) is 0.957. The van der Waals surface area contributed by atoms with Crippen LogP contribution in [0.25, 0.3) is 0 Å². The zero-order valence-corrected chi connectivity index (χ0v) is 10.8. The number of carbonyl (C=O) groups is 1. The van der Waals surface area contributed by atoms with E-state index in [0.717, 1.165) is 24.2 Å². The molecule has 1 aromatic carbocycles. The summed E-state index contributed by atoms with van der Waals surface area (Å²) in [5.74, 6) is 1.14. The quantitative estimate of drug-likeness (QED) is 0.837. The maximum atomic E-state index is 11.6. The van der Waals surface area contributed by atoms with Gasteiger partial charge in [0.2, 0.25) is 5.91 Å². The maximum absolute atomic E-state index is 11.6. The Balaban J connectivity index is 2.00. The molecule has 4 nitrogen and oxygen atoms in total. The van der Waals surface area contributed by atoms with Crippen LogP contribution in [0.3, 0.4) is 0 Å². The van der Waals surface area contributed by atoms with Gasteiger partial charge in [-0.3, -0.25) is 4.79 Å². The fraction of sp³-hybridized carbons (Fsp3) is 0.500. The fourth-order valence-corrected chi connectivity index (χ4v) is 1.94. The van der Waals surface area contributed by atoms with E-state index in [0.29, 0.717) is 6.54 Å². The van der Waals surface area contributed by atoms with Gasteiger partial charge in [-0.05, 0) is 18.9 Å². The predicted molar refractivity (Wildman–Crippen MR) is 68.5 cm³/mol. The van der Waals surface area contributed by atoms with E-state index in [1.54, 1.807) is 14.2 Å². The summed E-state index contributed by atoms with van der Waals surface area (Å²) in [6.45, 7) is 0.478. The molecule has 18 heavy (non-hydrogen) atoms. The van der Waals surface area contributed by atoms with Crippen molar-refractivity contribution in [1.29, 1.82) is 0 Å². The van der Waals surface area contributed by atoms with Crippen LogP contribution in [0.2, 0.25) is 0 Å². The van der Waals surface area contributed by atoms with Crippen LogP contribution >= 0.6 is 0 Å². The minimum absolute atomic E-state index is 0.131. The van der Waals surface area contributed by atoms with Gasteiger partial charge in [-0.1, -0.05) is 18.2 Å². The van der Waals surface area contributed by atoms with Gasteiger partial charge in [-0.2, -0.15) is 0 Å². The number of nitrogens with one attached hydrogen (secondary N) is 1. The van der Waals surface area contributed by atoms with Crippen LogP contribution in [-0.2, 0) is 9.53 Å². The van der Waals surface area contributed by atoms with Crippen molar-refractivity contribution in [2.75, 3.05) is 20.8 Å². The summed E-state index contributed by atoms with van der Waals surface area (Å²) in [5, 5.41) is 2.93. The molecule has 1 N–H and O–H groups in total. The van der Waals surface area contributed by atoms with Gasteiger partial charge in [0, 0.05) is 25.1 Å². The molecule has 1 aromatic rings. The summed E-state index contributed by atoms with van der Waals surface area (Å²) < 4.78 is 10.7. The molecular weight excluding hydrogens is 230 g/mol. The summed E-state index contributed by atoms with van der Waals surface area (Å²) in [4.78, 5) is 11.6. The molecule has 1 atom stereocenters. The molecule has 1 aliphatic rings. The molecule has 0 aromatic heterocycles. The van der Waals surface area contributed by atoms with Crippen LogP contribution in [0.15, 0.2) is 24.3 Å². The van der Waals surface area contributed by atoms with Gasteiger partial charge >= 0.3 is 0 Å². The van der Waals surface area contributed by atoms with Gasteiger partial charge in [0.15, 0.2) is 0 Å². The summed E-state index contributed by atoms with van der Waals surface area (Å²) >= 11 is 0. The molecule has 1 saturated carbocycles. The standard InChI is InChI=1S/C14H19NO3/c1-17-12-6-4-3-5-11(12)13(18-2)9-15-14(16)10-7-8-10/h3-6,10,13H,7-9H2,1-2H3,(H,15,16)/t13-/m1/s1. The molecule has 0 aliphatic heterocycles. The van der Waals surface area contributed by atoms with E-state index < -0.39 is 0 Å². The molecule has 1 fully saturated rings. The number of ether oxygens (including phenoxy) is 2. The second-order valence-electron chi connectivity index (χ2n) is 4.49. The van der Waals surface area contributed by atoms with E-state index in [2.05, 4.69) is 5.32 Å². The molecule has 0 unspecified atom stereocenters. The van der Waals surface area contributed by atoms with Gasteiger partial charge in [0.25, 0.3) is 0 Å². The highest BCUT2D eigenvalue weighted by atomic mass is 16.5. The number of benzene rings is 1. The molecular formula is C14H19NO3. The first-order valence-electron chi connectivity index (χ1n) is 6.19. The molecule has 2 rings (SSSR count). The van der Waals surface area contributed by atoms with Crippen molar-refractivity contribution in [2.24, 2.45) is 5.92 Å². The van der Waals surface area contributed by atoms with Crippen molar-refractivity contribution in [3.8, 4) is 5.75 Å². The smallest absolute Gasteiger partial charge is 0.223 e. The lowest BCUT2D eigenvalue weighted by atomic mass is 10.1. The molecule has 0 saturated heterocycles. The lowest BCUT2D eigenvalue weighted by Crippen LogP contribution is -2.30. The fourth-order valence-electron chi connectivity index (χ4n) is 1.94. The summed E-state index contributed by atoms with van der Waals surface area (Å²) in [6.07, 6.45) is 1.85. The molecule has 4 heteroatoms. The Morgan fingerprint density at radius 3 is 2.72 bits per heavy atom. The number of para-hydroxylation sites is 1. The Bertz CT molecular complexity index is 415. The Labute approximate surface area is 107 Å². The van der Waals surface area contributed by atoms with Crippen molar-refractivity contribution in [2.45, 2.75) is 18.9 Å². The van der Waals surface area contributed by atoms with Crippen LogP contribution < -0.4 is 10.1 Å². The Kier molecular flexibility index (Phi) is 4.20. The maximum Gasteiger partial charge on any atom is 0.223 e. The number of amides is 1. The second kappa shape index (κ2) is 5.87. The average molecular weight is 249 g/mol. The highest BCUT2D eigenvalue weighted by Crippen LogP contribution is 2.30. The molecule has 0 spiro atoms. The van der Waals surface area contributed by atoms with Gasteiger partial charge in [-0.25, -0.2) is 0 Å². The van der Waals surface area contributed by atoms with Crippen LogP contribution in [0.4, 0.5) is 0 Å². The minimum Gasteiger partial charge on any atom is -0.496 e. The number of carbonyl (C=O) groups excluding carboxylic acids is 1. The Morgan fingerprint density at radius 1 is 1.39 bits per heavy atom. The molecule has 0 radical (unpaired) electrons. The van der Waals surface area contributed by atoms with Gasteiger partial charge < -0.3 is 14.8 Å². The number of hydrogen-bond acceptors (Lipinski definition) is 3. The highest BCUT2D eigenvalue weighted by molar-refractivity contribution is 5.80. The largest absolute Gasteiger partial charge is 0.496 e. The third kappa shape index (κ3) is 3.01. The lowest BCUT2D eigenvalue weighted by Gasteiger charge is -2.19. The van der Waals surface area contributed by atoms with Gasteiger partial charge in [-0.15, -0.1) is 0 Å². The zero-order valence-electron chi connectivity index (χ0n) is 10.8. The van der Waals surface area contributed by atoms with E-state index in [1.807, 2.05) is 24.3 Å². The molecule has 0 heterocycles. The second-order valence-corrected chi connectivity index (χ2v) is 4.49. The topological polar surface area (TPSA) is 47.6 Å². The SMILES string of the molecule is COc1ccccc1[C@@H](CNC(=O)C1CC1)OC. The van der Waals surface area contributed by atoms with E-state index in [4.69, 9.17) is 9.47 Å². The summed E-state index contributed by atoms with van der Waals surface area (Å²) in [7, 11) is 3.27. The van der Waals surface area contributed by atoms with Crippen LogP contribution in [0, 0.1) is 5.92 Å². The van der Waals surface area contributed by atoms with Gasteiger partial charge in [0.05, 0.1) is 7.11 Å². The van der Waals surface area contributed by atoms with Crippen molar-refractivity contribution in [3.63, 3.8) is 0 Å². The number of hydrogen-bond donors (Lipinski definition) is 1. The van der Waals surface area contributed by atoms with Crippen LogP contribution in [0.1, 0.15) is 24.5 Å². The molecule has 0 bridgehead atoms. The average Bonchev–Trinajstić information content (AvgIpc) is 3.24. The zero-order chi connectivity index (χ0) is 13.0. The third-order valence-corrected chi connectivity index (χ3v) is 3.18. The first-order valence-corrected chi connectivity index (χ1v) is 6.19. The van der Waals surface area contributed by atoms with E-state index >= 15 is 0 Å². The van der Waals surface area contributed by atoms with Gasteiger partial charge in [0.1, 0.15) is 11.9 Å². The monoisotopic (exact) mass is 249 g/mol. The van der Waals surface area contributed by atoms with Crippen LogP contribution in [0.5, 0.6) is 5.75 Å². The van der Waals surface area contributed by atoms with Crippen molar-refractivity contribution in [1.82, 2.24) is 5.32 Å². The van der Waals surface area contributed by atoms with Crippen molar-refractivity contribution in [3.05, 3.63) is 29.8 Å². The highest BCUT2D eigenvalue weighted by Gasteiger charge is 2.30. The number of methoxy groups -OCH3 is 2. The van der Waals surface area contributed by atoms with Crippen molar-refractivity contribution < 1.29 is 14.3 Å².